The number of rotatable bonds is 2. The maximum atomic E-state index is 12.2. The number of nitrogens with one attached hydrogen (secondary N) is 1. The highest BCUT2D eigenvalue weighted by atomic mass is 16.4. The first kappa shape index (κ1) is 13.9. The lowest BCUT2D eigenvalue weighted by atomic mass is 9.99. The molecule has 1 unspecified atom stereocenters. The molecule has 1 atom stereocenters. The highest BCUT2D eigenvalue weighted by Gasteiger charge is 2.23. The van der Waals surface area contributed by atoms with Crippen LogP contribution in [-0.2, 0) is 6.42 Å². The second-order valence-corrected chi connectivity index (χ2v) is 4.74. The van der Waals surface area contributed by atoms with Crippen LogP contribution in [-0.4, -0.2) is 29.7 Å². The number of hydrogen-bond acceptors (Lipinski definition) is 2. The van der Waals surface area contributed by atoms with Gasteiger partial charge in [-0.25, -0.2) is 9.59 Å². The number of aromatic carboxylic acids is 1. The molecule has 5 heteroatoms. The van der Waals surface area contributed by atoms with Crippen LogP contribution in [0.25, 0.3) is 0 Å². The number of terminal acetylenes is 1. The van der Waals surface area contributed by atoms with Gasteiger partial charge in [-0.1, -0.05) is 5.92 Å². The Morgan fingerprint density at radius 3 is 2.90 bits per heavy atom. The van der Waals surface area contributed by atoms with E-state index in [4.69, 9.17) is 11.5 Å². The van der Waals surface area contributed by atoms with E-state index < -0.39 is 5.97 Å². The van der Waals surface area contributed by atoms with Gasteiger partial charge in [-0.3, -0.25) is 4.90 Å². The third-order valence-corrected chi connectivity index (χ3v) is 3.28. The van der Waals surface area contributed by atoms with Crippen molar-refractivity contribution in [1.82, 2.24) is 5.32 Å². The Kier molecular flexibility index (Phi) is 3.94. The molecule has 1 aliphatic rings. The molecule has 5 nitrogen and oxygen atoms in total. The second-order valence-electron chi connectivity index (χ2n) is 4.74. The quantitative estimate of drug-likeness (QED) is 0.807. The van der Waals surface area contributed by atoms with Crippen LogP contribution < -0.4 is 10.2 Å². The molecule has 0 aliphatic carbocycles. The van der Waals surface area contributed by atoms with Crippen LogP contribution in [0, 0.1) is 12.3 Å². The average Bonchev–Trinajstić information content (AvgIpc) is 2.45. The summed E-state index contributed by atoms with van der Waals surface area (Å²) in [6.45, 7) is 2.33. The van der Waals surface area contributed by atoms with Crippen LogP contribution in [0.3, 0.4) is 0 Å². The van der Waals surface area contributed by atoms with Crippen molar-refractivity contribution in [3.8, 4) is 12.3 Å². The Labute approximate surface area is 117 Å². The van der Waals surface area contributed by atoms with Crippen LogP contribution in [0.1, 0.15) is 29.3 Å². The Balaban J connectivity index is 2.27. The van der Waals surface area contributed by atoms with E-state index in [1.54, 1.807) is 24.0 Å². The van der Waals surface area contributed by atoms with E-state index in [1.807, 2.05) is 0 Å². The number of aryl methyl sites for hydroxylation is 1. The van der Waals surface area contributed by atoms with E-state index in [9.17, 15) is 9.59 Å². The third-order valence-electron chi connectivity index (χ3n) is 3.28. The van der Waals surface area contributed by atoms with Gasteiger partial charge in [0.05, 0.1) is 11.6 Å². The van der Waals surface area contributed by atoms with Crippen molar-refractivity contribution in [3.63, 3.8) is 0 Å². The zero-order valence-electron chi connectivity index (χ0n) is 11.2. The summed E-state index contributed by atoms with van der Waals surface area (Å²) >= 11 is 0. The van der Waals surface area contributed by atoms with Crippen molar-refractivity contribution < 1.29 is 14.7 Å². The molecule has 0 saturated carbocycles. The van der Waals surface area contributed by atoms with Crippen molar-refractivity contribution in [2.75, 3.05) is 11.4 Å². The Bertz CT molecular complexity index is 589. The molecule has 104 valence electrons. The van der Waals surface area contributed by atoms with Gasteiger partial charge in [0, 0.05) is 12.2 Å². The second kappa shape index (κ2) is 5.66. The fraction of sp³-hybridized carbons (Fsp3) is 0.333. The first-order valence-electron chi connectivity index (χ1n) is 6.43. The van der Waals surface area contributed by atoms with E-state index >= 15 is 0 Å². The van der Waals surface area contributed by atoms with E-state index in [-0.39, 0.29) is 17.6 Å². The summed E-state index contributed by atoms with van der Waals surface area (Å²) in [5.74, 6) is 1.48. The highest BCUT2D eigenvalue weighted by molar-refractivity contribution is 5.95. The van der Waals surface area contributed by atoms with E-state index in [1.165, 1.54) is 6.07 Å². The first-order valence-corrected chi connectivity index (χ1v) is 6.43. The molecule has 0 spiro atoms. The first-order chi connectivity index (χ1) is 9.52. The lowest BCUT2D eigenvalue weighted by Crippen LogP contribution is -2.45. The van der Waals surface area contributed by atoms with Gasteiger partial charge in [-0.05, 0) is 43.5 Å². The van der Waals surface area contributed by atoms with Crippen LogP contribution in [0.4, 0.5) is 10.5 Å². The molecule has 2 rings (SSSR count). The minimum atomic E-state index is -0.963. The molecule has 1 aliphatic heterocycles. The summed E-state index contributed by atoms with van der Waals surface area (Å²) in [4.78, 5) is 24.7. The number of urea groups is 1. The fourth-order valence-electron chi connectivity index (χ4n) is 2.25. The number of fused-ring (bicyclic) bond motifs is 1. The molecule has 2 amide bonds. The van der Waals surface area contributed by atoms with Gasteiger partial charge in [0.15, 0.2) is 0 Å². The van der Waals surface area contributed by atoms with Crippen molar-refractivity contribution in [2.45, 2.75) is 25.8 Å². The molecule has 0 fully saturated rings. The lowest BCUT2D eigenvalue weighted by molar-refractivity contribution is 0.0696. The van der Waals surface area contributed by atoms with Crippen molar-refractivity contribution >= 4 is 17.7 Å². The number of nitrogens with zero attached hydrogens (tertiary/aromatic N) is 1. The predicted octanol–water partition coefficient (Wildman–Crippen LogP) is 1.87. The smallest absolute Gasteiger partial charge is 0.335 e. The summed E-state index contributed by atoms with van der Waals surface area (Å²) in [6.07, 6.45) is 6.82. The summed E-state index contributed by atoms with van der Waals surface area (Å²) in [5.41, 5.74) is 1.87. The van der Waals surface area contributed by atoms with Gasteiger partial charge in [0.1, 0.15) is 0 Å². The number of carboxylic acids is 1. The number of carbonyl (C=O) groups excluding carboxylic acids is 1. The molecule has 0 saturated heterocycles. The largest absolute Gasteiger partial charge is 0.478 e. The minimum Gasteiger partial charge on any atom is -0.478 e. The third kappa shape index (κ3) is 2.75. The predicted molar refractivity (Wildman–Crippen MR) is 75.9 cm³/mol. The van der Waals surface area contributed by atoms with Crippen molar-refractivity contribution in [3.05, 3.63) is 29.3 Å². The average molecular weight is 272 g/mol. The van der Waals surface area contributed by atoms with E-state index in [2.05, 4.69) is 11.2 Å². The molecule has 0 aromatic heterocycles. The lowest BCUT2D eigenvalue weighted by Gasteiger charge is -2.30. The molecule has 1 aromatic carbocycles. The van der Waals surface area contributed by atoms with Gasteiger partial charge in [0.25, 0.3) is 0 Å². The topological polar surface area (TPSA) is 69.6 Å². The molecule has 1 heterocycles. The molecule has 20 heavy (non-hydrogen) atoms. The zero-order valence-corrected chi connectivity index (χ0v) is 11.2. The van der Waals surface area contributed by atoms with Gasteiger partial charge < -0.3 is 10.4 Å². The van der Waals surface area contributed by atoms with Gasteiger partial charge in [0.2, 0.25) is 0 Å². The number of hydrogen-bond donors (Lipinski definition) is 2. The highest BCUT2D eigenvalue weighted by Crippen LogP contribution is 2.28. The van der Waals surface area contributed by atoms with Crippen LogP contribution in [0.15, 0.2) is 18.2 Å². The summed E-state index contributed by atoms with van der Waals surface area (Å²) in [5, 5.41) is 11.7. The van der Waals surface area contributed by atoms with Crippen molar-refractivity contribution in [2.24, 2.45) is 0 Å². The van der Waals surface area contributed by atoms with Crippen LogP contribution in [0.5, 0.6) is 0 Å². The maximum Gasteiger partial charge on any atom is 0.335 e. The molecular formula is C15H16N2O3. The zero-order chi connectivity index (χ0) is 14.7. The summed E-state index contributed by atoms with van der Waals surface area (Å²) in [6, 6.07) is 4.22. The number of carbonyl (C=O) groups is 2. The SMILES string of the molecule is C#CC(C)NC(=O)N1CCCc2cc(C(=O)O)ccc21. The van der Waals surface area contributed by atoms with Crippen LogP contribution in [0.2, 0.25) is 0 Å². The standard InChI is InChI=1S/C15H16N2O3/c1-3-10(2)16-15(20)17-8-4-5-11-9-12(14(18)19)6-7-13(11)17/h1,6-7,9-10H,4-5,8H2,2H3,(H,16,20)(H,18,19). The Morgan fingerprint density at radius 1 is 1.50 bits per heavy atom. The summed E-state index contributed by atoms with van der Waals surface area (Å²) < 4.78 is 0. The molecular weight excluding hydrogens is 256 g/mol. The Morgan fingerprint density at radius 2 is 2.25 bits per heavy atom. The minimum absolute atomic E-state index is 0.239. The Hall–Kier alpha value is -2.48. The molecule has 0 bridgehead atoms. The fourth-order valence-corrected chi connectivity index (χ4v) is 2.25. The number of carboxylic acid groups (broad SMARTS) is 1. The summed E-state index contributed by atoms with van der Waals surface area (Å²) in [7, 11) is 0. The molecule has 1 aromatic rings. The van der Waals surface area contributed by atoms with Gasteiger partial charge in [-0.2, -0.15) is 0 Å². The molecule has 0 radical (unpaired) electrons. The normalized spacial score (nSPS) is 14.9. The van der Waals surface area contributed by atoms with Gasteiger partial charge >= 0.3 is 12.0 Å². The van der Waals surface area contributed by atoms with E-state index in [0.29, 0.717) is 6.54 Å². The maximum absolute atomic E-state index is 12.2. The molecule has 2 N–H and O–H groups in total. The van der Waals surface area contributed by atoms with E-state index in [0.717, 1.165) is 24.1 Å². The van der Waals surface area contributed by atoms with Crippen molar-refractivity contribution in [1.29, 1.82) is 0 Å². The number of anilines is 1. The number of amides is 2. The van der Waals surface area contributed by atoms with Gasteiger partial charge in [-0.15, -0.1) is 6.42 Å². The van der Waals surface area contributed by atoms with Crippen LogP contribution >= 0.6 is 0 Å². The monoisotopic (exact) mass is 272 g/mol. The number of benzene rings is 1.